The van der Waals surface area contributed by atoms with Crippen LogP contribution in [0.4, 0.5) is 0 Å². The Morgan fingerprint density at radius 1 is 1.38 bits per heavy atom. The second-order valence-corrected chi connectivity index (χ2v) is 5.06. The highest BCUT2D eigenvalue weighted by Crippen LogP contribution is 2.19. The van der Waals surface area contributed by atoms with E-state index in [1.807, 2.05) is 18.2 Å². The summed E-state index contributed by atoms with van der Waals surface area (Å²) in [5.41, 5.74) is 2.19. The van der Waals surface area contributed by atoms with E-state index in [9.17, 15) is 4.79 Å². The number of hydrogen-bond donors (Lipinski definition) is 1. The third kappa shape index (κ3) is 4.03. The molecular weight excluding hydrogens is 288 g/mol. The van der Waals surface area contributed by atoms with Crippen LogP contribution in [0.1, 0.15) is 27.7 Å². The van der Waals surface area contributed by atoms with Crippen LogP contribution in [0.15, 0.2) is 42.6 Å². The van der Waals surface area contributed by atoms with E-state index < -0.39 is 0 Å². The molecule has 1 heterocycles. The molecule has 1 unspecified atom stereocenters. The molecule has 1 atom stereocenters. The van der Waals surface area contributed by atoms with Crippen LogP contribution in [0.2, 0.25) is 5.02 Å². The molecule has 0 bridgehead atoms. The van der Waals surface area contributed by atoms with E-state index in [4.69, 9.17) is 16.3 Å². The smallest absolute Gasteiger partial charge is 0.253 e. The van der Waals surface area contributed by atoms with Crippen LogP contribution in [0, 0.1) is 6.92 Å². The summed E-state index contributed by atoms with van der Waals surface area (Å²) < 4.78 is 5.42. The summed E-state index contributed by atoms with van der Waals surface area (Å²) in [6.45, 7) is 2.17. The van der Waals surface area contributed by atoms with Crippen molar-refractivity contribution in [2.45, 2.75) is 13.0 Å². The fraction of sp³-hybridized carbons (Fsp3) is 0.250. The van der Waals surface area contributed by atoms with Gasteiger partial charge in [0.05, 0.1) is 11.7 Å². The third-order valence-electron chi connectivity index (χ3n) is 3.20. The van der Waals surface area contributed by atoms with Gasteiger partial charge in [-0.2, -0.15) is 0 Å². The Morgan fingerprint density at radius 3 is 2.86 bits per heavy atom. The van der Waals surface area contributed by atoms with E-state index in [0.29, 0.717) is 22.8 Å². The van der Waals surface area contributed by atoms with Crippen LogP contribution in [0.3, 0.4) is 0 Å². The lowest BCUT2D eigenvalue weighted by molar-refractivity contribution is 0.0827. The first kappa shape index (κ1) is 15.5. The topological polar surface area (TPSA) is 51.2 Å². The summed E-state index contributed by atoms with van der Waals surface area (Å²) in [5, 5.41) is 3.50. The van der Waals surface area contributed by atoms with Gasteiger partial charge in [-0.3, -0.25) is 9.78 Å². The van der Waals surface area contributed by atoms with Gasteiger partial charge >= 0.3 is 0 Å². The highest BCUT2D eigenvalue weighted by molar-refractivity contribution is 6.30. The number of methoxy groups -OCH3 is 1. The number of ether oxygens (including phenoxy) is 1. The molecule has 1 aromatic carbocycles. The van der Waals surface area contributed by atoms with E-state index in [1.165, 1.54) is 0 Å². The van der Waals surface area contributed by atoms with Gasteiger partial charge in [0.15, 0.2) is 0 Å². The molecule has 0 aliphatic carbocycles. The van der Waals surface area contributed by atoms with Crippen molar-refractivity contribution in [3.8, 4) is 0 Å². The predicted molar refractivity (Wildman–Crippen MR) is 82.5 cm³/mol. The van der Waals surface area contributed by atoms with Crippen molar-refractivity contribution < 1.29 is 9.53 Å². The van der Waals surface area contributed by atoms with Gasteiger partial charge in [0.2, 0.25) is 0 Å². The van der Waals surface area contributed by atoms with Gasteiger partial charge < -0.3 is 10.1 Å². The molecule has 0 radical (unpaired) electrons. The second kappa shape index (κ2) is 7.20. The van der Waals surface area contributed by atoms with Crippen LogP contribution in [0.5, 0.6) is 0 Å². The van der Waals surface area contributed by atoms with E-state index in [1.54, 1.807) is 38.4 Å². The van der Waals surface area contributed by atoms with E-state index in [-0.39, 0.29) is 12.0 Å². The number of aromatic nitrogens is 1. The van der Waals surface area contributed by atoms with Crippen LogP contribution in [-0.2, 0) is 4.74 Å². The van der Waals surface area contributed by atoms with Crippen LogP contribution in [0.25, 0.3) is 0 Å². The van der Waals surface area contributed by atoms with Gasteiger partial charge in [-0.25, -0.2) is 0 Å². The largest absolute Gasteiger partial charge is 0.375 e. The molecule has 0 aliphatic rings. The van der Waals surface area contributed by atoms with Crippen LogP contribution >= 0.6 is 11.6 Å². The quantitative estimate of drug-likeness (QED) is 0.923. The Morgan fingerprint density at radius 2 is 2.19 bits per heavy atom. The lowest BCUT2D eigenvalue weighted by Crippen LogP contribution is -2.29. The van der Waals surface area contributed by atoms with Crippen molar-refractivity contribution in [3.05, 3.63) is 64.4 Å². The minimum atomic E-state index is -0.246. The maximum Gasteiger partial charge on any atom is 0.253 e. The molecular formula is C16H17ClN2O2. The number of carbonyl (C=O) groups excluding carboxylic acids is 1. The third-order valence-corrected chi connectivity index (χ3v) is 3.44. The zero-order chi connectivity index (χ0) is 15.2. The van der Waals surface area contributed by atoms with E-state index >= 15 is 0 Å². The van der Waals surface area contributed by atoms with Gasteiger partial charge in [-0.15, -0.1) is 0 Å². The maximum atomic E-state index is 12.2. The molecule has 5 heteroatoms. The molecule has 1 N–H and O–H groups in total. The summed E-state index contributed by atoms with van der Waals surface area (Å²) in [6.07, 6.45) is 1.42. The number of nitrogens with zero attached hydrogens (tertiary/aromatic N) is 1. The Kier molecular flexibility index (Phi) is 5.31. The molecule has 110 valence electrons. The fourth-order valence-corrected chi connectivity index (χ4v) is 2.25. The summed E-state index contributed by atoms with van der Waals surface area (Å²) in [6, 6.07) is 10.9. The lowest BCUT2D eigenvalue weighted by atomic mass is 10.1. The number of nitrogens with one attached hydrogen (secondary N) is 1. The zero-order valence-electron chi connectivity index (χ0n) is 12.0. The zero-order valence-corrected chi connectivity index (χ0v) is 12.7. The van der Waals surface area contributed by atoms with Gasteiger partial charge in [0.1, 0.15) is 0 Å². The molecule has 0 fully saturated rings. The van der Waals surface area contributed by atoms with E-state index in [0.717, 1.165) is 5.56 Å². The van der Waals surface area contributed by atoms with Crippen LogP contribution in [-0.4, -0.2) is 24.5 Å². The number of rotatable bonds is 5. The summed E-state index contributed by atoms with van der Waals surface area (Å²) in [4.78, 5) is 16.3. The van der Waals surface area contributed by atoms with Crippen molar-refractivity contribution in [1.82, 2.24) is 10.3 Å². The molecule has 1 amide bonds. The minimum absolute atomic E-state index is 0.162. The normalized spacial score (nSPS) is 12.0. The standard InChI is InChI=1S/C16H17ClN2O2/c1-11-14(7-4-8-18-11)16(20)19-10-15(21-2)12-5-3-6-13(17)9-12/h3-9,15H,10H2,1-2H3,(H,19,20). The Bertz CT molecular complexity index is 631. The SMILES string of the molecule is COC(CNC(=O)c1cccnc1C)c1cccc(Cl)c1. The molecule has 2 aromatic rings. The van der Waals surface area contributed by atoms with Crippen molar-refractivity contribution in [3.63, 3.8) is 0 Å². The Balaban J connectivity index is 2.04. The number of halogens is 1. The molecule has 0 spiro atoms. The fourth-order valence-electron chi connectivity index (χ4n) is 2.05. The average molecular weight is 305 g/mol. The first-order valence-electron chi connectivity index (χ1n) is 6.60. The van der Waals surface area contributed by atoms with Gasteiger partial charge in [0.25, 0.3) is 5.91 Å². The first-order valence-corrected chi connectivity index (χ1v) is 6.97. The maximum absolute atomic E-state index is 12.2. The van der Waals surface area contributed by atoms with Gasteiger partial charge in [0, 0.05) is 30.6 Å². The van der Waals surface area contributed by atoms with Gasteiger partial charge in [-0.05, 0) is 36.8 Å². The molecule has 4 nitrogen and oxygen atoms in total. The summed E-state index contributed by atoms with van der Waals surface area (Å²) in [5.74, 6) is -0.162. The molecule has 1 aromatic heterocycles. The number of carbonyl (C=O) groups is 1. The van der Waals surface area contributed by atoms with Gasteiger partial charge in [-0.1, -0.05) is 23.7 Å². The first-order chi connectivity index (χ1) is 10.1. The average Bonchev–Trinajstić information content (AvgIpc) is 2.48. The number of amides is 1. The molecule has 0 saturated carbocycles. The van der Waals surface area contributed by atoms with Crippen molar-refractivity contribution >= 4 is 17.5 Å². The monoisotopic (exact) mass is 304 g/mol. The number of benzene rings is 1. The number of aryl methyl sites for hydroxylation is 1. The number of pyridine rings is 1. The summed E-state index contributed by atoms with van der Waals surface area (Å²) in [7, 11) is 1.60. The molecule has 2 rings (SSSR count). The predicted octanol–water partition coefficient (Wildman–Crippen LogP) is 3.16. The van der Waals surface area contributed by atoms with Crippen molar-refractivity contribution in [2.75, 3.05) is 13.7 Å². The number of hydrogen-bond acceptors (Lipinski definition) is 3. The molecule has 21 heavy (non-hydrogen) atoms. The van der Waals surface area contributed by atoms with Crippen molar-refractivity contribution in [1.29, 1.82) is 0 Å². The summed E-state index contributed by atoms with van der Waals surface area (Å²) >= 11 is 5.97. The Labute approximate surface area is 129 Å². The Hall–Kier alpha value is -1.91. The molecule has 0 aliphatic heterocycles. The lowest BCUT2D eigenvalue weighted by Gasteiger charge is -2.17. The molecule has 0 saturated heterocycles. The second-order valence-electron chi connectivity index (χ2n) is 4.63. The van der Waals surface area contributed by atoms with Crippen LogP contribution < -0.4 is 5.32 Å². The highest BCUT2D eigenvalue weighted by Gasteiger charge is 2.14. The van der Waals surface area contributed by atoms with Crippen molar-refractivity contribution in [2.24, 2.45) is 0 Å². The minimum Gasteiger partial charge on any atom is -0.375 e. The highest BCUT2D eigenvalue weighted by atomic mass is 35.5. The van der Waals surface area contributed by atoms with E-state index in [2.05, 4.69) is 10.3 Å².